The first kappa shape index (κ1) is 7.60. The van der Waals surface area contributed by atoms with E-state index in [1.54, 1.807) is 7.05 Å². The van der Waals surface area contributed by atoms with Crippen molar-refractivity contribution >= 4 is 5.91 Å². The lowest BCUT2D eigenvalue weighted by Gasteiger charge is -2.09. The van der Waals surface area contributed by atoms with Gasteiger partial charge in [-0.2, -0.15) is 0 Å². The van der Waals surface area contributed by atoms with E-state index >= 15 is 0 Å². The Morgan fingerprint density at radius 3 is 2.36 bits per heavy atom. The first-order valence-electron chi connectivity index (χ1n) is 3.19. The quantitative estimate of drug-likeness (QED) is 0.587. The van der Waals surface area contributed by atoms with Crippen molar-refractivity contribution in [2.75, 3.05) is 7.05 Å². The third kappa shape index (κ3) is 0.852. The number of hydrogen-bond donors (Lipinski definition) is 1. The Morgan fingerprint density at radius 1 is 1.64 bits per heavy atom. The predicted octanol–water partition coefficient (Wildman–Crippen LogP) is 0.371. The maximum atomic E-state index is 11.2. The van der Waals surface area contributed by atoms with E-state index in [-0.39, 0.29) is 5.91 Å². The number of likely N-dealkylation sites (N-methyl/N-ethyl adjacent to an activating group) is 1. The molecule has 0 saturated heterocycles. The Kier molecular flexibility index (Phi) is 1.57. The minimum atomic E-state index is -0.137. The summed E-state index contributed by atoms with van der Waals surface area (Å²) in [7, 11) is 1.63. The van der Waals surface area contributed by atoms with E-state index in [1.165, 1.54) is 11.0 Å². The summed E-state index contributed by atoms with van der Waals surface area (Å²) >= 11 is 0. The van der Waals surface area contributed by atoms with Crippen LogP contribution in [0.3, 0.4) is 0 Å². The fourth-order valence-corrected chi connectivity index (χ4v) is 0.952. The zero-order valence-corrected chi connectivity index (χ0v) is 6.42. The van der Waals surface area contributed by atoms with E-state index in [0.29, 0.717) is 17.0 Å². The molecule has 0 radical (unpaired) electrons. The molecule has 0 saturated carbocycles. The van der Waals surface area contributed by atoms with Crippen LogP contribution >= 0.6 is 0 Å². The molecule has 58 valence electrons. The average molecular weight is 150 g/mol. The summed E-state index contributed by atoms with van der Waals surface area (Å²) in [6.45, 7) is 7.13. The fourth-order valence-electron chi connectivity index (χ4n) is 0.952. The summed E-state index contributed by atoms with van der Waals surface area (Å²) in [5.74, 6) is -0.137. The molecule has 0 aromatic heterocycles. The lowest BCUT2D eigenvalue weighted by molar-refractivity contribution is -0.122. The monoisotopic (exact) mass is 150 g/mol. The second kappa shape index (κ2) is 2.27. The third-order valence-corrected chi connectivity index (χ3v) is 1.75. The molecule has 11 heavy (non-hydrogen) atoms. The first-order chi connectivity index (χ1) is 5.09. The SMILES string of the molecule is C=CC1=C(N)C(=C)N(C)C1=O. The van der Waals surface area contributed by atoms with Gasteiger partial charge < -0.3 is 10.6 Å². The molecular formula is C8H10N2O. The summed E-state index contributed by atoms with van der Waals surface area (Å²) in [5.41, 5.74) is 6.97. The van der Waals surface area contributed by atoms with Gasteiger partial charge >= 0.3 is 0 Å². The van der Waals surface area contributed by atoms with E-state index in [1.807, 2.05) is 0 Å². The first-order valence-corrected chi connectivity index (χ1v) is 3.19. The Morgan fingerprint density at radius 2 is 2.18 bits per heavy atom. The molecule has 0 bridgehead atoms. The lowest BCUT2D eigenvalue weighted by Crippen LogP contribution is -2.19. The highest BCUT2D eigenvalue weighted by atomic mass is 16.2. The van der Waals surface area contributed by atoms with Crippen LogP contribution in [0.1, 0.15) is 0 Å². The lowest BCUT2D eigenvalue weighted by atomic mass is 10.2. The number of hydrogen-bond acceptors (Lipinski definition) is 2. The number of carbonyl (C=O) groups is 1. The van der Waals surface area contributed by atoms with Crippen molar-refractivity contribution < 1.29 is 4.79 Å². The summed E-state index contributed by atoms with van der Waals surface area (Å²) in [4.78, 5) is 12.6. The van der Waals surface area contributed by atoms with Crippen molar-refractivity contribution in [3.63, 3.8) is 0 Å². The molecule has 2 N–H and O–H groups in total. The van der Waals surface area contributed by atoms with Gasteiger partial charge in [-0.3, -0.25) is 4.79 Å². The number of amides is 1. The molecule has 0 aliphatic carbocycles. The Labute approximate surface area is 65.5 Å². The fraction of sp³-hybridized carbons (Fsp3) is 0.125. The molecule has 3 nitrogen and oxygen atoms in total. The molecule has 1 heterocycles. The highest BCUT2D eigenvalue weighted by molar-refractivity contribution is 6.02. The molecule has 1 aliphatic rings. The van der Waals surface area contributed by atoms with Crippen LogP contribution < -0.4 is 5.73 Å². The molecule has 1 amide bonds. The molecule has 1 rings (SSSR count). The van der Waals surface area contributed by atoms with Crippen LogP contribution in [0.25, 0.3) is 0 Å². The van der Waals surface area contributed by atoms with Gasteiger partial charge in [0, 0.05) is 7.05 Å². The zero-order valence-electron chi connectivity index (χ0n) is 6.42. The van der Waals surface area contributed by atoms with Crippen molar-refractivity contribution in [1.29, 1.82) is 0 Å². The second-order valence-electron chi connectivity index (χ2n) is 2.34. The van der Waals surface area contributed by atoms with Crippen molar-refractivity contribution in [3.8, 4) is 0 Å². The molecule has 3 heteroatoms. The van der Waals surface area contributed by atoms with Crippen LogP contribution in [0.4, 0.5) is 0 Å². The molecule has 0 aromatic carbocycles. The maximum Gasteiger partial charge on any atom is 0.260 e. The maximum absolute atomic E-state index is 11.2. The number of nitrogens with zero attached hydrogens (tertiary/aromatic N) is 1. The van der Waals surface area contributed by atoms with Gasteiger partial charge in [-0.05, 0) is 0 Å². The number of rotatable bonds is 1. The summed E-state index contributed by atoms with van der Waals surface area (Å²) in [6, 6.07) is 0. The molecule has 0 unspecified atom stereocenters. The van der Waals surface area contributed by atoms with E-state index < -0.39 is 0 Å². The molecular weight excluding hydrogens is 140 g/mol. The van der Waals surface area contributed by atoms with Gasteiger partial charge in [-0.15, -0.1) is 0 Å². The number of carbonyl (C=O) groups excluding carboxylic acids is 1. The molecule has 0 spiro atoms. The topological polar surface area (TPSA) is 46.3 Å². The highest BCUT2D eigenvalue weighted by Gasteiger charge is 2.26. The van der Waals surface area contributed by atoms with Crippen LogP contribution in [-0.4, -0.2) is 17.9 Å². The van der Waals surface area contributed by atoms with Crippen molar-refractivity contribution in [3.05, 3.63) is 36.2 Å². The van der Waals surface area contributed by atoms with Gasteiger partial charge in [0.2, 0.25) is 0 Å². The van der Waals surface area contributed by atoms with Crippen LogP contribution in [0.5, 0.6) is 0 Å². The average Bonchev–Trinajstić information content (AvgIpc) is 2.17. The Balaban J connectivity index is 3.18. The molecule has 0 fully saturated rings. The Bertz CT molecular complexity index is 276. The van der Waals surface area contributed by atoms with E-state index in [0.717, 1.165) is 0 Å². The zero-order chi connectivity index (χ0) is 8.59. The van der Waals surface area contributed by atoms with E-state index in [2.05, 4.69) is 13.2 Å². The van der Waals surface area contributed by atoms with Crippen LogP contribution in [-0.2, 0) is 4.79 Å². The van der Waals surface area contributed by atoms with Gasteiger partial charge in [-0.1, -0.05) is 19.2 Å². The van der Waals surface area contributed by atoms with Crippen molar-refractivity contribution in [1.82, 2.24) is 4.90 Å². The summed E-state index contributed by atoms with van der Waals surface area (Å²) in [5, 5.41) is 0. The molecule has 0 aromatic rings. The van der Waals surface area contributed by atoms with Gasteiger partial charge in [0.15, 0.2) is 0 Å². The van der Waals surface area contributed by atoms with Crippen molar-refractivity contribution in [2.24, 2.45) is 5.73 Å². The largest absolute Gasteiger partial charge is 0.396 e. The van der Waals surface area contributed by atoms with Crippen LogP contribution in [0.15, 0.2) is 36.2 Å². The van der Waals surface area contributed by atoms with E-state index in [4.69, 9.17) is 5.73 Å². The minimum Gasteiger partial charge on any atom is -0.396 e. The third-order valence-electron chi connectivity index (χ3n) is 1.75. The van der Waals surface area contributed by atoms with Gasteiger partial charge in [-0.25, -0.2) is 0 Å². The smallest absolute Gasteiger partial charge is 0.260 e. The highest BCUT2D eigenvalue weighted by Crippen LogP contribution is 2.22. The standard InChI is InChI=1S/C8H10N2O/c1-4-6-7(9)5(2)10(3)8(6)11/h4H,1-2,9H2,3H3. The summed E-state index contributed by atoms with van der Waals surface area (Å²) < 4.78 is 0. The van der Waals surface area contributed by atoms with Gasteiger partial charge in [0.25, 0.3) is 5.91 Å². The second-order valence-corrected chi connectivity index (χ2v) is 2.34. The van der Waals surface area contributed by atoms with Gasteiger partial charge in [0.1, 0.15) is 0 Å². The van der Waals surface area contributed by atoms with E-state index in [9.17, 15) is 4.79 Å². The minimum absolute atomic E-state index is 0.137. The van der Waals surface area contributed by atoms with Crippen molar-refractivity contribution in [2.45, 2.75) is 0 Å². The van der Waals surface area contributed by atoms with Gasteiger partial charge in [0.05, 0.1) is 17.0 Å². The van der Waals surface area contributed by atoms with Crippen LogP contribution in [0.2, 0.25) is 0 Å². The molecule has 0 atom stereocenters. The molecule has 1 aliphatic heterocycles. The number of nitrogens with two attached hydrogens (primary N) is 1. The summed E-state index contributed by atoms with van der Waals surface area (Å²) in [6.07, 6.45) is 1.45. The predicted molar refractivity (Wildman–Crippen MR) is 43.3 cm³/mol. The van der Waals surface area contributed by atoms with Crippen LogP contribution in [0, 0.1) is 0 Å². The normalized spacial score (nSPS) is 18.1. The Hall–Kier alpha value is -1.51.